The molecule has 1 aliphatic rings. The van der Waals surface area contributed by atoms with Crippen molar-refractivity contribution < 1.29 is 9.59 Å². The van der Waals surface area contributed by atoms with Crippen molar-refractivity contribution in [3.05, 3.63) is 36.0 Å². The van der Waals surface area contributed by atoms with Crippen LogP contribution in [-0.2, 0) is 11.3 Å². The van der Waals surface area contributed by atoms with Crippen molar-refractivity contribution >= 4 is 22.7 Å². The lowest BCUT2D eigenvalue weighted by Gasteiger charge is -2.36. The van der Waals surface area contributed by atoms with Crippen LogP contribution in [0.5, 0.6) is 0 Å². The van der Waals surface area contributed by atoms with Gasteiger partial charge in [0.2, 0.25) is 5.91 Å². The summed E-state index contributed by atoms with van der Waals surface area (Å²) >= 11 is 0. The first-order valence-corrected chi connectivity index (χ1v) is 8.71. The zero-order valence-electron chi connectivity index (χ0n) is 14.4. The number of rotatable bonds is 4. The molecule has 0 saturated carbocycles. The van der Waals surface area contributed by atoms with Crippen LogP contribution in [0.4, 0.5) is 0 Å². The highest BCUT2D eigenvalue weighted by atomic mass is 16.2. The van der Waals surface area contributed by atoms with Gasteiger partial charge in [0.15, 0.2) is 0 Å². The van der Waals surface area contributed by atoms with E-state index in [-0.39, 0.29) is 23.8 Å². The molecule has 1 fully saturated rings. The number of carbonyl (C=O) groups is 2. The summed E-state index contributed by atoms with van der Waals surface area (Å²) in [6.07, 6.45) is 4.54. The van der Waals surface area contributed by atoms with Crippen molar-refractivity contribution in [2.45, 2.75) is 45.7 Å². The van der Waals surface area contributed by atoms with E-state index in [0.717, 1.165) is 42.3 Å². The Balaban J connectivity index is 1.97. The maximum absolute atomic E-state index is 13.2. The molecule has 2 amide bonds. The van der Waals surface area contributed by atoms with Crippen molar-refractivity contribution in [3.63, 3.8) is 0 Å². The van der Waals surface area contributed by atoms with Gasteiger partial charge in [-0.3, -0.25) is 9.59 Å². The van der Waals surface area contributed by atoms with Gasteiger partial charge in [0.1, 0.15) is 0 Å². The first-order chi connectivity index (χ1) is 11.5. The average Bonchev–Trinajstić information content (AvgIpc) is 2.94. The van der Waals surface area contributed by atoms with Crippen LogP contribution < -0.4 is 5.73 Å². The number of piperidine rings is 1. The van der Waals surface area contributed by atoms with Crippen LogP contribution in [-0.4, -0.2) is 33.9 Å². The number of amides is 2. The summed E-state index contributed by atoms with van der Waals surface area (Å²) in [5, 5.41) is 0.976. The molecule has 2 atom stereocenters. The van der Waals surface area contributed by atoms with Crippen molar-refractivity contribution in [3.8, 4) is 0 Å². The Kier molecular flexibility index (Phi) is 4.60. The van der Waals surface area contributed by atoms with Crippen LogP contribution in [0.1, 0.15) is 43.5 Å². The second-order valence-corrected chi connectivity index (χ2v) is 6.74. The lowest BCUT2D eigenvalue weighted by molar-refractivity contribution is -0.123. The highest BCUT2D eigenvalue weighted by Crippen LogP contribution is 2.28. The average molecular weight is 327 g/mol. The first kappa shape index (κ1) is 16.6. The largest absolute Gasteiger partial charge is 0.369 e. The van der Waals surface area contributed by atoms with Crippen LogP contribution in [0, 0.1) is 5.92 Å². The molecule has 0 spiro atoms. The number of carbonyl (C=O) groups excluding carboxylic acids is 2. The fourth-order valence-corrected chi connectivity index (χ4v) is 3.62. The van der Waals surface area contributed by atoms with Crippen LogP contribution >= 0.6 is 0 Å². The minimum absolute atomic E-state index is 0.000460. The van der Waals surface area contributed by atoms with Gasteiger partial charge in [0.05, 0.1) is 11.5 Å². The predicted molar refractivity (Wildman–Crippen MR) is 94.6 cm³/mol. The van der Waals surface area contributed by atoms with E-state index in [1.54, 1.807) is 0 Å². The quantitative estimate of drug-likeness (QED) is 0.938. The van der Waals surface area contributed by atoms with Gasteiger partial charge in [-0.15, -0.1) is 0 Å². The number of benzene rings is 1. The predicted octanol–water partition coefficient (Wildman–Crippen LogP) is 2.78. The van der Waals surface area contributed by atoms with Gasteiger partial charge in [0, 0.05) is 36.2 Å². The molecular weight excluding hydrogens is 302 g/mol. The molecule has 2 heterocycles. The summed E-state index contributed by atoms with van der Waals surface area (Å²) in [7, 11) is 0. The molecule has 1 aliphatic heterocycles. The minimum atomic E-state index is -0.312. The number of nitrogens with two attached hydrogens (primary N) is 1. The number of hydrogen-bond acceptors (Lipinski definition) is 2. The molecule has 0 bridgehead atoms. The Morgan fingerprint density at radius 3 is 2.71 bits per heavy atom. The van der Waals surface area contributed by atoms with Gasteiger partial charge < -0.3 is 15.2 Å². The smallest absolute Gasteiger partial charge is 0.256 e. The lowest BCUT2D eigenvalue weighted by Crippen LogP contribution is -2.48. The monoisotopic (exact) mass is 327 g/mol. The van der Waals surface area contributed by atoms with Gasteiger partial charge in [-0.05, 0) is 32.3 Å². The number of aryl methyl sites for hydroxylation is 1. The van der Waals surface area contributed by atoms with Crippen LogP contribution in [0.3, 0.4) is 0 Å². The lowest BCUT2D eigenvalue weighted by atomic mass is 9.92. The minimum Gasteiger partial charge on any atom is -0.369 e. The molecular formula is C19H25N3O2. The standard InChI is InChI=1S/C19H25N3O2/c1-3-10-21-12-16(15-6-4-5-7-17(15)21)19(24)22-11-14(18(20)23)9-8-13(22)2/h4-7,12-14H,3,8-11H2,1-2H3,(H2,20,23)/t13-,14-/m1/s1. The number of fused-ring (bicyclic) bond motifs is 1. The number of likely N-dealkylation sites (tertiary alicyclic amines) is 1. The maximum atomic E-state index is 13.2. The summed E-state index contributed by atoms with van der Waals surface area (Å²) in [5.74, 6) is -0.554. The second-order valence-electron chi connectivity index (χ2n) is 6.74. The third-order valence-electron chi connectivity index (χ3n) is 5.03. The highest BCUT2D eigenvalue weighted by molar-refractivity contribution is 6.07. The van der Waals surface area contributed by atoms with Crippen LogP contribution in [0.15, 0.2) is 30.5 Å². The molecule has 5 heteroatoms. The van der Waals surface area contributed by atoms with Crippen molar-refractivity contribution in [1.29, 1.82) is 0 Å². The van der Waals surface area contributed by atoms with Crippen molar-refractivity contribution in [2.75, 3.05) is 6.54 Å². The van der Waals surface area contributed by atoms with E-state index in [0.29, 0.717) is 6.54 Å². The molecule has 24 heavy (non-hydrogen) atoms. The SMILES string of the molecule is CCCn1cc(C(=O)N2C[C@H](C(N)=O)CC[C@H]2C)c2ccccc21. The van der Waals surface area contributed by atoms with Gasteiger partial charge in [0.25, 0.3) is 5.91 Å². The molecule has 5 nitrogen and oxygen atoms in total. The Bertz CT molecular complexity index is 765. The maximum Gasteiger partial charge on any atom is 0.256 e. The third-order valence-corrected chi connectivity index (χ3v) is 5.03. The first-order valence-electron chi connectivity index (χ1n) is 8.71. The van der Waals surface area contributed by atoms with E-state index in [9.17, 15) is 9.59 Å². The summed E-state index contributed by atoms with van der Waals surface area (Å²) < 4.78 is 2.14. The van der Waals surface area contributed by atoms with E-state index in [1.165, 1.54) is 0 Å². The zero-order valence-corrected chi connectivity index (χ0v) is 14.4. The Morgan fingerprint density at radius 1 is 1.25 bits per heavy atom. The zero-order chi connectivity index (χ0) is 17.3. The molecule has 1 aromatic carbocycles. The van der Waals surface area contributed by atoms with Gasteiger partial charge >= 0.3 is 0 Å². The molecule has 3 rings (SSSR count). The normalized spacial score (nSPS) is 21.2. The summed E-state index contributed by atoms with van der Waals surface area (Å²) in [6.45, 7) is 5.47. The molecule has 1 aromatic heterocycles. The fraction of sp³-hybridized carbons (Fsp3) is 0.474. The number of nitrogens with zero attached hydrogens (tertiary/aromatic N) is 2. The molecule has 128 valence electrons. The molecule has 2 N–H and O–H groups in total. The van der Waals surface area contributed by atoms with Crippen LogP contribution in [0.25, 0.3) is 10.9 Å². The van der Waals surface area contributed by atoms with Gasteiger partial charge in [-0.2, -0.15) is 0 Å². The fourth-order valence-electron chi connectivity index (χ4n) is 3.62. The van der Waals surface area contributed by atoms with Crippen molar-refractivity contribution in [1.82, 2.24) is 9.47 Å². The number of hydrogen-bond donors (Lipinski definition) is 1. The summed E-state index contributed by atoms with van der Waals surface area (Å²) in [5.41, 5.74) is 7.27. The molecule has 0 unspecified atom stereocenters. The molecule has 0 aliphatic carbocycles. The number of aromatic nitrogens is 1. The summed E-state index contributed by atoms with van der Waals surface area (Å²) in [6, 6.07) is 8.13. The Morgan fingerprint density at radius 2 is 2.00 bits per heavy atom. The van der Waals surface area contributed by atoms with Crippen molar-refractivity contribution in [2.24, 2.45) is 11.7 Å². The van der Waals surface area contributed by atoms with E-state index in [1.807, 2.05) is 42.3 Å². The molecule has 2 aromatic rings. The molecule has 1 saturated heterocycles. The van der Waals surface area contributed by atoms with E-state index in [4.69, 9.17) is 5.73 Å². The second kappa shape index (κ2) is 6.67. The number of primary amides is 1. The third kappa shape index (κ3) is 2.90. The van der Waals surface area contributed by atoms with Gasteiger partial charge in [-0.1, -0.05) is 25.1 Å². The van der Waals surface area contributed by atoms with E-state index < -0.39 is 0 Å². The number of para-hydroxylation sites is 1. The van der Waals surface area contributed by atoms with E-state index >= 15 is 0 Å². The molecule has 0 radical (unpaired) electrons. The Labute approximate surface area is 142 Å². The van der Waals surface area contributed by atoms with Gasteiger partial charge in [-0.25, -0.2) is 0 Å². The highest BCUT2D eigenvalue weighted by Gasteiger charge is 2.33. The van der Waals surface area contributed by atoms with E-state index in [2.05, 4.69) is 11.5 Å². The summed E-state index contributed by atoms with van der Waals surface area (Å²) in [4.78, 5) is 26.5. The topological polar surface area (TPSA) is 68.3 Å². The Hall–Kier alpha value is -2.30. The van der Waals surface area contributed by atoms with Crippen LogP contribution in [0.2, 0.25) is 0 Å².